The second-order valence-corrected chi connectivity index (χ2v) is 10.6. The highest BCUT2D eigenvalue weighted by Crippen LogP contribution is 2.58. The number of hydrogen-bond donors (Lipinski definition) is 2. The summed E-state index contributed by atoms with van der Waals surface area (Å²) in [5.74, 6) is 0.420. The summed E-state index contributed by atoms with van der Waals surface area (Å²) in [6, 6.07) is 9.81. The number of fused-ring (bicyclic) bond motifs is 5. The zero-order chi connectivity index (χ0) is 22.3. The van der Waals surface area contributed by atoms with E-state index in [9.17, 15) is 14.9 Å². The van der Waals surface area contributed by atoms with Crippen LogP contribution in [0.1, 0.15) is 64.2 Å². The Balaban J connectivity index is 1.95. The van der Waals surface area contributed by atoms with Crippen molar-refractivity contribution < 1.29 is 9.59 Å². The molecule has 1 aromatic heterocycles. The molecule has 31 heavy (non-hydrogen) atoms. The second kappa shape index (κ2) is 5.88. The number of carbonyl (C=O) groups is 2. The Morgan fingerprint density at radius 2 is 1.81 bits per heavy atom. The molecule has 0 saturated heterocycles. The first kappa shape index (κ1) is 19.6. The Morgan fingerprint density at radius 1 is 1.10 bits per heavy atom. The molecule has 6 heteroatoms. The van der Waals surface area contributed by atoms with Crippen LogP contribution < -0.4 is 10.6 Å². The van der Waals surface area contributed by atoms with E-state index in [0.29, 0.717) is 35.2 Å². The van der Waals surface area contributed by atoms with Crippen LogP contribution in [0.25, 0.3) is 0 Å². The Morgan fingerprint density at radius 3 is 2.48 bits per heavy atom. The molecule has 0 bridgehead atoms. The lowest BCUT2D eigenvalue weighted by molar-refractivity contribution is -0.123. The van der Waals surface area contributed by atoms with Crippen LogP contribution in [-0.4, -0.2) is 16.3 Å². The van der Waals surface area contributed by atoms with E-state index in [1.165, 1.54) is 0 Å². The van der Waals surface area contributed by atoms with Crippen molar-refractivity contribution >= 4 is 23.2 Å². The van der Waals surface area contributed by atoms with E-state index in [1.807, 2.05) is 35.0 Å². The molecule has 2 aromatic rings. The van der Waals surface area contributed by atoms with Gasteiger partial charge < -0.3 is 15.2 Å². The quantitative estimate of drug-likeness (QED) is 0.668. The molecule has 1 aromatic carbocycles. The summed E-state index contributed by atoms with van der Waals surface area (Å²) in [7, 11) is 0. The number of allylic oxidation sites excluding steroid dienone is 1. The van der Waals surface area contributed by atoms with Crippen molar-refractivity contribution in [1.82, 2.24) is 4.57 Å². The molecular formula is C25H26N4O2. The number of rotatable bonds is 0. The van der Waals surface area contributed by atoms with E-state index < -0.39 is 5.41 Å². The van der Waals surface area contributed by atoms with Crippen LogP contribution in [0.15, 0.2) is 41.7 Å². The van der Waals surface area contributed by atoms with E-state index in [-0.39, 0.29) is 22.6 Å². The molecule has 3 aliphatic rings. The fourth-order valence-corrected chi connectivity index (χ4v) is 5.51. The zero-order valence-corrected chi connectivity index (χ0v) is 18.5. The fraction of sp³-hybridized carbons (Fsp3) is 0.400. The summed E-state index contributed by atoms with van der Waals surface area (Å²) in [6.07, 6.45) is 2.82. The molecule has 3 heterocycles. The van der Waals surface area contributed by atoms with Gasteiger partial charge in [0.05, 0.1) is 5.56 Å². The van der Waals surface area contributed by atoms with Gasteiger partial charge in [0, 0.05) is 46.2 Å². The number of benzene rings is 1. The summed E-state index contributed by atoms with van der Waals surface area (Å²) in [5.41, 5.74) is 1.85. The Labute approximate surface area is 181 Å². The summed E-state index contributed by atoms with van der Waals surface area (Å²) >= 11 is 0. The van der Waals surface area contributed by atoms with Crippen LogP contribution in [0.5, 0.6) is 0 Å². The molecule has 0 fully saturated rings. The van der Waals surface area contributed by atoms with E-state index in [2.05, 4.69) is 51.3 Å². The molecule has 2 aliphatic heterocycles. The number of nitrogens with one attached hydrogen (secondary N) is 2. The van der Waals surface area contributed by atoms with Crippen molar-refractivity contribution in [3.05, 3.63) is 58.4 Å². The number of nitrogens with zero attached hydrogens (tertiary/aromatic N) is 2. The Kier molecular flexibility index (Phi) is 3.72. The average Bonchev–Trinajstić information content (AvgIpc) is 3.17. The van der Waals surface area contributed by atoms with Gasteiger partial charge in [0.15, 0.2) is 5.78 Å². The topological polar surface area (TPSA) is 86.9 Å². The van der Waals surface area contributed by atoms with Gasteiger partial charge in [0.25, 0.3) is 0 Å². The molecular weight excluding hydrogens is 388 g/mol. The molecule has 1 amide bonds. The Hall–Kier alpha value is -3.33. The number of para-hydroxylation sites is 1. The second-order valence-electron chi connectivity index (χ2n) is 10.6. The smallest absolute Gasteiger partial charge is 0.244 e. The standard InChI is InChI=1S/C25H26N4O2/c1-23(2,3)29-13-14(12-26)19-21(29)27-17-10-24(4,5)11-18(30)20(17)25(19)15-8-6-7-9-16(15)28-22(25)31/h6-9,13,27H,10-11H2,1-5H3,(H,28,31)/t25-/m1/s1. The minimum absolute atomic E-state index is 0.0383. The number of Topliss-reactive ketones (excluding diaryl/α,β-unsaturated/α-hetero) is 1. The van der Waals surface area contributed by atoms with Gasteiger partial charge in [-0.05, 0) is 38.7 Å². The van der Waals surface area contributed by atoms with Crippen LogP contribution >= 0.6 is 0 Å². The largest absolute Gasteiger partial charge is 0.344 e. The van der Waals surface area contributed by atoms with Crippen LogP contribution in [0.3, 0.4) is 0 Å². The fourth-order valence-electron chi connectivity index (χ4n) is 5.51. The monoisotopic (exact) mass is 414 g/mol. The highest BCUT2D eigenvalue weighted by molar-refractivity contribution is 6.20. The van der Waals surface area contributed by atoms with Gasteiger partial charge in [-0.25, -0.2) is 0 Å². The van der Waals surface area contributed by atoms with Crippen LogP contribution in [-0.2, 0) is 20.5 Å². The first-order chi connectivity index (χ1) is 14.5. The molecule has 1 atom stereocenters. The normalized spacial score (nSPS) is 23.6. The van der Waals surface area contributed by atoms with Crippen molar-refractivity contribution in [1.29, 1.82) is 5.26 Å². The van der Waals surface area contributed by atoms with Gasteiger partial charge in [-0.15, -0.1) is 0 Å². The summed E-state index contributed by atoms with van der Waals surface area (Å²) in [6.45, 7) is 10.3. The molecule has 158 valence electrons. The molecule has 1 aliphatic carbocycles. The number of ketones is 1. The van der Waals surface area contributed by atoms with Crippen molar-refractivity contribution in [2.24, 2.45) is 5.41 Å². The highest BCUT2D eigenvalue weighted by Gasteiger charge is 2.60. The van der Waals surface area contributed by atoms with Crippen LogP contribution in [0.2, 0.25) is 0 Å². The number of carbonyl (C=O) groups excluding carboxylic acids is 2. The Bertz CT molecular complexity index is 1250. The molecule has 0 saturated carbocycles. The third-order valence-corrected chi connectivity index (χ3v) is 6.66. The SMILES string of the molecule is CC1(C)CC(=O)C2=C(C1)Nc1c(c(C#N)cn1C(C)(C)C)[C@@]21C(=O)Nc2ccccc21. The summed E-state index contributed by atoms with van der Waals surface area (Å²) in [5, 5.41) is 16.6. The summed E-state index contributed by atoms with van der Waals surface area (Å²) < 4.78 is 2.02. The van der Waals surface area contributed by atoms with Crippen molar-refractivity contribution in [3.63, 3.8) is 0 Å². The predicted molar refractivity (Wildman–Crippen MR) is 119 cm³/mol. The van der Waals surface area contributed by atoms with Crippen molar-refractivity contribution in [3.8, 4) is 6.07 Å². The molecule has 0 radical (unpaired) electrons. The minimum Gasteiger partial charge on any atom is -0.344 e. The number of nitriles is 1. The van der Waals surface area contributed by atoms with E-state index in [4.69, 9.17) is 0 Å². The lowest BCUT2D eigenvalue weighted by atomic mass is 9.61. The van der Waals surface area contributed by atoms with Crippen molar-refractivity contribution in [2.45, 2.75) is 58.4 Å². The van der Waals surface area contributed by atoms with Crippen molar-refractivity contribution in [2.75, 3.05) is 10.6 Å². The first-order valence-electron chi connectivity index (χ1n) is 10.6. The predicted octanol–water partition coefficient (Wildman–Crippen LogP) is 4.42. The highest BCUT2D eigenvalue weighted by atomic mass is 16.2. The van der Waals surface area contributed by atoms with E-state index in [0.717, 1.165) is 17.1 Å². The van der Waals surface area contributed by atoms with Gasteiger partial charge >= 0.3 is 0 Å². The van der Waals surface area contributed by atoms with E-state index in [1.54, 1.807) is 0 Å². The first-order valence-corrected chi connectivity index (χ1v) is 10.6. The van der Waals surface area contributed by atoms with Crippen LogP contribution in [0.4, 0.5) is 11.5 Å². The molecule has 5 rings (SSSR count). The maximum absolute atomic E-state index is 13.8. The number of hydrogen-bond acceptors (Lipinski definition) is 4. The molecule has 0 unspecified atom stereocenters. The van der Waals surface area contributed by atoms with Gasteiger partial charge in [0.1, 0.15) is 17.3 Å². The number of aromatic nitrogens is 1. The lowest BCUT2D eigenvalue weighted by Gasteiger charge is -2.43. The van der Waals surface area contributed by atoms with E-state index >= 15 is 0 Å². The average molecular weight is 415 g/mol. The molecule has 1 spiro atoms. The summed E-state index contributed by atoms with van der Waals surface area (Å²) in [4.78, 5) is 27.4. The minimum atomic E-state index is -1.32. The number of amides is 1. The third-order valence-electron chi connectivity index (χ3n) is 6.66. The van der Waals surface area contributed by atoms with Gasteiger partial charge in [-0.3, -0.25) is 9.59 Å². The van der Waals surface area contributed by atoms with Gasteiger partial charge in [0.2, 0.25) is 5.91 Å². The zero-order valence-electron chi connectivity index (χ0n) is 18.5. The molecule has 6 nitrogen and oxygen atoms in total. The molecule has 2 N–H and O–H groups in total. The maximum atomic E-state index is 13.8. The van der Waals surface area contributed by atoms with Crippen LogP contribution in [0, 0.1) is 16.7 Å². The maximum Gasteiger partial charge on any atom is 0.244 e. The third kappa shape index (κ3) is 2.43. The lowest BCUT2D eigenvalue weighted by Crippen LogP contribution is -2.48. The van der Waals surface area contributed by atoms with Gasteiger partial charge in [-0.2, -0.15) is 5.26 Å². The number of anilines is 2. The van der Waals surface area contributed by atoms with Gasteiger partial charge in [-0.1, -0.05) is 32.0 Å².